The van der Waals surface area contributed by atoms with Gasteiger partial charge in [-0.2, -0.15) is 0 Å². The van der Waals surface area contributed by atoms with Gasteiger partial charge in [0.2, 0.25) is 23.6 Å². The summed E-state index contributed by atoms with van der Waals surface area (Å²) in [4.78, 5) is 78.3. The number of methoxy groups -OCH3 is 1. The molecule has 50 heavy (non-hydrogen) atoms. The van der Waals surface area contributed by atoms with Crippen LogP contribution in [0.5, 0.6) is 5.75 Å². The summed E-state index contributed by atoms with van der Waals surface area (Å²) >= 11 is 0. The molecule has 7 unspecified atom stereocenters. The SMILES string of the molecule is COC(=O)C(C)NC(=O)C(C)OP(=O)(Oc1ccccc1)C(NC(=O)C1CCCN1C(=O)C(C)NC(=O)C(C)NC(=O)OC(C)(C)C)C(C)C. The lowest BCUT2D eigenvalue weighted by Crippen LogP contribution is -2.56. The number of hydrogen-bond acceptors (Lipinski definition) is 11. The predicted octanol–water partition coefficient (Wildman–Crippen LogP) is 2.85. The summed E-state index contributed by atoms with van der Waals surface area (Å²) in [6.45, 7) is 14.3. The second-order valence-electron chi connectivity index (χ2n) is 13.4. The standard InChI is InChI=1S/C33H52N5O11P/c1-19(2)29(50(45,49-24-15-12-11-13-16-24)48-23(6)27(40)35-22(5)31(43)46-10)37-28(41)25-17-14-18-38(25)30(42)21(4)34-26(39)20(3)36-32(44)47-33(7,8)9/h11-13,15-16,19-23,25,29H,14,17-18H2,1-10H3,(H,34,39)(H,35,40)(H,36,44)(H,37,41). The van der Waals surface area contributed by atoms with E-state index in [-0.39, 0.29) is 18.7 Å². The van der Waals surface area contributed by atoms with Crippen molar-refractivity contribution in [2.24, 2.45) is 5.92 Å². The van der Waals surface area contributed by atoms with Gasteiger partial charge in [-0.1, -0.05) is 32.0 Å². The fraction of sp³-hybridized carbons (Fsp3) is 0.636. The first-order valence-corrected chi connectivity index (χ1v) is 18.1. The largest absolute Gasteiger partial charge is 0.467 e. The number of esters is 1. The van der Waals surface area contributed by atoms with Crippen LogP contribution < -0.4 is 25.8 Å². The van der Waals surface area contributed by atoms with E-state index in [0.717, 1.165) is 0 Å². The van der Waals surface area contributed by atoms with Crippen LogP contribution in [0.1, 0.15) is 75.2 Å². The Morgan fingerprint density at radius 3 is 2.00 bits per heavy atom. The molecule has 0 saturated carbocycles. The van der Waals surface area contributed by atoms with Crippen LogP contribution >= 0.6 is 7.60 Å². The number of carbonyl (C=O) groups excluding carboxylic acids is 6. The maximum absolute atomic E-state index is 14.6. The summed E-state index contributed by atoms with van der Waals surface area (Å²) in [6, 6.07) is 4.02. The molecule has 0 bridgehead atoms. The molecule has 1 aliphatic rings. The molecular formula is C33H52N5O11P. The monoisotopic (exact) mass is 725 g/mol. The van der Waals surface area contributed by atoms with Crippen molar-refractivity contribution in [1.82, 2.24) is 26.2 Å². The zero-order chi connectivity index (χ0) is 38.0. The maximum Gasteiger partial charge on any atom is 0.408 e. The van der Waals surface area contributed by atoms with Gasteiger partial charge in [0.05, 0.1) is 7.11 Å². The topological polar surface area (TPSA) is 208 Å². The Labute approximate surface area is 293 Å². The van der Waals surface area contributed by atoms with Crippen LogP contribution in [0.25, 0.3) is 0 Å². The Morgan fingerprint density at radius 2 is 1.44 bits per heavy atom. The summed E-state index contributed by atoms with van der Waals surface area (Å²) in [5, 5.41) is 10.2. The van der Waals surface area contributed by atoms with Crippen molar-refractivity contribution in [2.75, 3.05) is 13.7 Å². The number of alkyl carbamates (subject to hydrolysis) is 1. The Morgan fingerprint density at radius 1 is 0.840 bits per heavy atom. The third kappa shape index (κ3) is 12.3. The third-order valence-corrected chi connectivity index (χ3v) is 10.0. The molecule has 17 heteroatoms. The highest BCUT2D eigenvalue weighted by molar-refractivity contribution is 7.55. The first-order valence-electron chi connectivity index (χ1n) is 16.5. The molecule has 1 aliphatic heterocycles. The summed E-state index contributed by atoms with van der Waals surface area (Å²) in [7, 11) is -3.25. The molecule has 0 aromatic heterocycles. The van der Waals surface area contributed by atoms with E-state index >= 15 is 0 Å². The highest BCUT2D eigenvalue weighted by Gasteiger charge is 2.46. The first-order chi connectivity index (χ1) is 23.2. The van der Waals surface area contributed by atoms with Crippen molar-refractivity contribution in [3.05, 3.63) is 30.3 Å². The molecule has 280 valence electrons. The summed E-state index contributed by atoms with van der Waals surface area (Å²) in [5.41, 5.74) is -0.770. The minimum Gasteiger partial charge on any atom is -0.467 e. The van der Waals surface area contributed by atoms with E-state index in [1.165, 1.54) is 51.8 Å². The zero-order valence-corrected chi connectivity index (χ0v) is 31.3. The van der Waals surface area contributed by atoms with Gasteiger partial charge in [-0.05, 0) is 79.4 Å². The number of rotatable bonds is 15. The molecule has 16 nitrogen and oxygen atoms in total. The van der Waals surface area contributed by atoms with Crippen LogP contribution in [-0.4, -0.2) is 95.9 Å². The minimum absolute atomic E-state index is 0.156. The van der Waals surface area contributed by atoms with Crippen molar-refractivity contribution in [3.8, 4) is 5.75 Å². The van der Waals surface area contributed by atoms with Crippen LogP contribution in [0.3, 0.4) is 0 Å². The molecule has 1 saturated heterocycles. The molecule has 7 atom stereocenters. The first kappa shape index (κ1) is 42.0. The number of ether oxygens (including phenoxy) is 2. The highest BCUT2D eigenvalue weighted by atomic mass is 31.2. The lowest BCUT2D eigenvalue weighted by Gasteiger charge is -2.34. The van der Waals surface area contributed by atoms with E-state index in [0.29, 0.717) is 6.42 Å². The van der Waals surface area contributed by atoms with Gasteiger partial charge in [0.15, 0.2) is 0 Å². The van der Waals surface area contributed by atoms with Crippen molar-refractivity contribution in [1.29, 1.82) is 0 Å². The van der Waals surface area contributed by atoms with Gasteiger partial charge in [-0.15, -0.1) is 0 Å². The molecule has 0 spiro atoms. The lowest BCUT2D eigenvalue weighted by molar-refractivity contribution is -0.145. The van der Waals surface area contributed by atoms with Crippen molar-refractivity contribution in [2.45, 2.75) is 117 Å². The van der Waals surface area contributed by atoms with E-state index in [1.807, 2.05) is 0 Å². The number of amides is 5. The molecular weight excluding hydrogens is 673 g/mol. The van der Waals surface area contributed by atoms with Crippen LogP contribution in [0.4, 0.5) is 4.79 Å². The zero-order valence-electron chi connectivity index (χ0n) is 30.4. The number of nitrogens with one attached hydrogen (secondary N) is 4. The van der Waals surface area contributed by atoms with Gasteiger partial charge in [-0.3, -0.25) is 23.7 Å². The molecule has 1 heterocycles. The van der Waals surface area contributed by atoms with Crippen molar-refractivity contribution in [3.63, 3.8) is 0 Å². The normalized spacial score (nSPS) is 18.7. The number of benzene rings is 1. The van der Waals surface area contributed by atoms with E-state index < -0.39 is 90.9 Å². The van der Waals surface area contributed by atoms with Gasteiger partial charge >= 0.3 is 19.7 Å². The number of para-hydroxylation sites is 1. The van der Waals surface area contributed by atoms with Gasteiger partial charge in [-0.25, -0.2) is 14.2 Å². The molecule has 1 aromatic carbocycles. The molecule has 0 aliphatic carbocycles. The summed E-state index contributed by atoms with van der Waals surface area (Å²) < 4.78 is 36.2. The molecule has 4 N–H and O–H groups in total. The van der Waals surface area contributed by atoms with Crippen LogP contribution in [0.15, 0.2) is 30.3 Å². The number of hydrogen-bond donors (Lipinski definition) is 4. The summed E-state index contributed by atoms with van der Waals surface area (Å²) in [6.07, 6.45) is -1.42. The second kappa shape index (κ2) is 18.2. The number of likely N-dealkylation sites (tertiary alicyclic amines) is 1. The summed E-state index contributed by atoms with van der Waals surface area (Å²) in [5.74, 6) is -4.95. The number of nitrogens with zero attached hydrogens (tertiary/aromatic N) is 1. The van der Waals surface area contributed by atoms with E-state index in [1.54, 1.807) is 52.8 Å². The fourth-order valence-corrected chi connectivity index (χ4v) is 7.22. The minimum atomic E-state index is -4.42. The Bertz CT molecular complexity index is 1420. The van der Waals surface area contributed by atoms with E-state index in [2.05, 4.69) is 26.0 Å². The average Bonchev–Trinajstić information content (AvgIpc) is 3.52. The molecule has 5 amide bonds. The Hall–Kier alpha value is -4.17. The molecule has 2 rings (SSSR count). The van der Waals surface area contributed by atoms with Gasteiger partial charge < -0.3 is 40.2 Å². The average molecular weight is 726 g/mol. The van der Waals surface area contributed by atoms with E-state index in [4.69, 9.17) is 13.8 Å². The third-order valence-electron chi connectivity index (χ3n) is 7.52. The number of carbonyl (C=O) groups is 6. The van der Waals surface area contributed by atoms with E-state index in [9.17, 15) is 33.3 Å². The second-order valence-corrected chi connectivity index (χ2v) is 15.5. The smallest absolute Gasteiger partial charge is 0.408 e. The van der Waals surface area contributed by atoms with Gasteiger partial charge in [0.1, 0.15) is 47.4 Å². The van der Waals surface area contributed by atoms with Crippen LogP contribution in [0.2, 0.25) is 0 Å². The highest BCUT2D eigenvalue weighted by Crippen LogP contribution is 2.55. The van der Waals surface area contributed by atoms with Crippen molar-refractivity contribution >= 4 is 43.3 Å². The maximum atomic E-state index is 14.6. The van der Waals surface area contributed by atoms with Crippen LogP contribution in [-0.2, 0) is 42.5 Å². The Kier molecular flexibility index (Phi) is 15.3. The molecule has 0 radical (unpaired) electrons. The van der Waals surface area contributed by atoms with Gasteiger partial charge in [0, 0.05) is 6.54 Å². The lowest BCUT2D eigenvalue weighted by atomic mass is 10.1. The fourth-order valence-electron chi connectivity index (χ4n) is 4.96. The Balaban J connectivity index is 2.24. The van der Waals surface area contributed by atoms with Gasteiger partial charge in [0.25, 0.3) is 0 Å². The van der Waals surface area contributed by atoms with Crippen LogP contribution in [0, 0.1) is 5.92 Å². The quantitative estimate of drug-likeness (QED) is 0.153. The molecule has 1 aromatic rings. The molecule has 1 fully saturated rings. The van der Waals surface area contributed by atoms with Crippen molar-refractivity contribution < 1.29 is 51.9 Å². The predicted molar refractivity (Wildman–Crippen MR) is 183 cm³/mol.